The van der Waals surface area contributed by atoms with Gasteiger partial charge in [-0.1, -0.05) is 30.3 Å². The van der Waals surface area contributed by atoms with E-state index in [0.29, 0.717) is 0 Å². The molecule has 0 heterocycles. The van der Waals surface area contributed by atoms with E-state index in [4.69, 9.17) is 0 Å². The lowest BCUT2D eigenvalue weighted by Crippen LogP contribution is -1.68. The van der Waals surface area contributed by atoms with E-state index in [0.717, 1.165) is 11.8 Å². The molecule has 0 aromatic heterocycles. The smallest absolute Gasteiger partial charge is 0.142 e. The average Bonchev–Trinajstić information content (AvgIpc) is 2.03. The van der Waals surface area contributed by atoms with Crippen LogP contribution in [0.1, 0.15) is 5.56 Å². The van der Waals surface area contributed by atoms with Crippen molar-refractivity contribution in [3.05, 3.63) is 42.0 Å². The summed E-state index contributed by atoms with van der Waals surface area (Å²) < 4.78 is 0. The zero-order chi connectivity index (χ0) is 7.23. The van der Waals surface area contributed by atoms with Crippen LogP contribution in [0.25, 0.3) is 6.08 Å². The minimum Gasteiger partial charge on any atom is -0.299 e. The molecule has 1 rings (SSSR count). The van der Waals surface area contributed by atoms with Gasteiger partial charge in [-0.3, -0.25) is 4.79 Å². The van der Waals surface area contributed by atoms with Gasteiger partial charge in [0, 0.05) is 0 Å². The fourth-order valence-corrected chi connectivity index (χ4v) is 0.654. The Labute approximate surface area is 60.0 Å². The maximum Gasteiger partial charge on any atom is 0.142 e. The van der Waals surface area contributed by atoms with Gasteiger partial charge >= 0.3 is 0 Å². The Hall–Kier alpha value is -1.37. The van der Waals surface area contributed by atoms with E-state index in [2.05, 4.69) is 6.07 Å². The molecule has 1 aromatic rings. The summed E-state index contributed by atoms with van der Waals surface area (Å²) in [4.78, 5) is 9.88. The number of rotatable bonds is 2. The molecule has 0 aliphatic carbocycles. The molecule has 1 radical (unpaired) electrons. The molecule has 10 heavy (non-hydrogen) atoms. The summed E-state index contributed by atoms with van der Waals surface area (Å²) in [5.74, 6) is 0. The van der Waals surface area contributed by atoms with Crippen LogP contribution in [0, 0.1) is 6.07 Å². The highest BCUT2D eigenvalue weighted by Gasteiger charge is 1.79. The SMILES string of the molecule is O=CC=Cc1[c]cccc1. The molecule has 0 spiro atoms. The van der Waals surface area contributed by atoms with Crippen LogP contribution in [0.4, 0.5) is 0 Å². The van der Waals surface area contributed by atoms with E-state index in [9.17, 15) is 4.79 Å². The molecule has 1 aromatic carbocycles. The van der Waals surface area contributed by atoms with Crippen LogP contribution in [0.3, 0.4) is 0 Å². The first-order chi connectivity index (χ1) is 4.93. The van der Waals surface area contributed by atoms with Gasteiger partial charge in [-0.15, -0.1) is 0 Å². The van der Waals surface area contributed by atoms with Crippen molar-refractivity contribution in [3.8, 4) is 0 Å². The normalized spacial score (nSPS) is 10.0. The molecule has 0 N–H and O–H groups in total. The van der Waals surface area contributed by atoms with Crippen LogP contribution in [-0.4, -0.2) is 6.29 Å². The number of hydrogen-bond acceptors (Lipinski definition) is 1. The summed E-state index contributed by atoms with van der Waals surface area (Å²) in [6.45, 7) is 0. The van der Waals surface area contributed by atoms with Crippen molar-refractivity contribution in [2.45, 2.75) is 0 Å². The fraction of sp³-hybridized carbons (Fsp3) is 0. The molecule has 0 fully saturated rings. The van der Waals surface area contributed by atoms with Gasteiger partial charge in [-0.25, -0.2) is 0 Å². The molecular formula is C9H7O. The standard InChI is InChI=1S/C9H7O/c10-8-4-7-9-5-2-1-3-6-9/h1-5,7-8H. The van der Waals surface area contributed by atoms with Crippen LogP contribution in [0.2, 0.25) is 0 Å². The Morgan fingerprint density at radius 1 is 1.40 bits per heavy atom. The van der Waals surface area contributed by atoms with Gasteiger partial charge in [-0.05, 0) is 17.7 Å². The highest BCUT2D eigenvalue weighted by Crippen LogP contribution is 1.98. The molecule has 49 valence electrons. The van der Waals surface area contributed by atoms with Gasteiger partial charge in [0.05, 0.1) is 0 Å². The average molecular weight is 131 g/mol. The second kappa shape index (κ2) is 3.62. The predicted octanol–water partition coefficient (Wildman–Crippen LogP) is 1.70. The molecule has 0 aliphatic heterocycles. The Kier molecular flexibility index (Phi) is 2.44. The highest BCUT2D eigenvalue weighted by atomic mass is 16.1. The summed E-state index contributed by atoms with van der Waals surface area (Å²) in [5.41, 5.74) is 0.926. The molecule has 1 nitrogen and oxygen atoms in total. The molecule has 0 amide bonds. The molecule has 0 atom stereocenters. The summed E-state index contributed by atoms with van der Waals surface area (Å²) >= 11 is 0. The predicted molar refractivity (Wildman–Crippen MR) is 40.4 cm³/mol. The van der Waals surface area contributed by atoms with Crippen molar-refractivity contribution >= 4 is 12.4 Å². The zero-order valence-corrected chi connectivity index (χ0v) is 5.45. The molecule has 0 saturated heterocycles. The number of allylic oxidation sites excluding steroid dienone is 1. The lowest BCUT2D eigenvalue weighted by Gasteiger charge is -1.85. The first kappa shape index (κ1) is 6.75. The van der Waals surface area contributed by atoms with E-state index in [1.807, 2.05) is 24.3 Å². The van der Waals surface area contributed by atoms with Crippen LogP contribution in [0.5, 0.6) is 0 Å². The van der Waals surface area contributed by atoms with Crippen LogP contribution in [0.15, 0.2) is 30.3 Å². The van der Waals surface area contributed by atoms with E-state index in [1.54, 1.807) is 6.08 Å². The van der Waals surface area contributed by atoms with Gasteiger partial charge in [0.2, 0.25) is 0 Å². The Bertz CT molecular complexity index is 224. The minimum absolute atomic E-state index is 0.751. The number of hydrogen-bond donors (Lipinski definition) is 0. The molecule has 1 heteroatoms. The van der Waals surface area contributed by atoms with Gasteiger partial charge in [0.25, 0.3) is 0 Å². The van der Waals surface area contributed by atoms with Crippen molar-refractivity contribution < 1.29 is 4.79 Å². The van der Waals surface area contributed by atoms with E-state index in [-0.39, 0.29) is 0 Å². The topological polar surface area (TPSA) is 17.1 Å². The highest BCUT2D eigenvalue weighted by molar-refractivity contribution is 5.73. The summed E-state index contributed by atoms with van der Waals surface area (Å²) in [6, 6.07) is 10.4. The van der Waals surface area contributed by atoms with Crippen molar-refractivity contribution in [1.82, 2.24) is 0 Å². The second-order valence-electron chi connectivity index (χ2n) is 1.81. The van der Waals surface area contributed by atoms with E-state index in [1.165, 1.54) is 6.08 Å². The fourth-order valence-electron chi connectivity index (χ4n) is 0.654. The Morgan fingerprint density at radius 2 is 2.30 bits per heavy atom. The lowest BCUT2D eigenvalue weighted by molar-refractivity contribution is -0.104. The van der Waals surface area contributed by atoms with Crippen molar-refractivity contribution in [1.29, 1.82) is 0 Å². The molecular weight excluding hydrogens is 124 g/mol. The molecule has 0 unspecified atom stereocenters. The lowest BCUT2D eigenvalue weighted by atomic mass is 10.2. The number of aldehydes is 1. The minimum atomic E-state index is 0.751. The number of carbonyl (C=O) groups excluding carboxylic acids is 1. The molecule has 0 aliphatic rings. The molecule has 0 bridgehead atoms. The second-order valence-corrected chi connectivity index (χ2v) is 1.81. The third kappa shape index (κ3) is 1.86. The third-order valence-electron chi connectivity index (χ3n) is 1.09. The first-order valence-corrected chi connectivity index (χ1v) is 3.02. The Balaban J connectivity index is 2.76. The van der Waals surface area contributed by atoms with Crippen molar-refractivity contribution in [3.63, 3.8) is 0 Å². The van der Waals surface area contributed by atoms with E-state index >= 15 is 0 Å². The van der Waals surface area contributed by atoms with Gasteiger partial charge in [0.1, 0.15) is 6.29 Å². The van der Waals surface area contributed by atoms with Crippen LogP contribution >= 0.6 is 0 Å². The van der Waals surface area contributed by atoms with Crippen molar-refractivity contribution in [2.24, 2.45) is 0 Å². The van der Waals surface area contributed by atoms with Gasteiger partial charge < -0.3 is 0 Å². The number of carbonyl (C=O) groups is 1. The zero-order valence-electron chi connectivity index (χ0n) is 5.45. The summed E-state index contributed by atoms with van der Waals surface area (Å²) in [5, 5.41) is 0. The first-order valence-electron chi connectivity index (χ1n) is 3.02. The van der Waals surface area contributed by atoms with Gasteiger partial charge in [-0.2, -0.15) is 0 Å². The monoisotopic (exact) mass is 131 g/mol. The maximum atomic E-state index is 9.88. The van der Waals surface area contributed by atoms with E-state index < -0.39 is 0 Å². The largest absolute Gasteiger partial charge is 0.299 e. The maximum absolute atomic E-state index is 9.88. The van der Waals surface area contributed by atoms with Crippen LogP contribution in [-0.2, 0) is 4.79 Å². The molecule has 0 saturated carbocycles. The number of benzene rings is 1. The van der Waals surface area contributed by atoms with Gasteiger partial charge in [0.15, 0.2) is 0 Å². The quantitative estimate of drug-likeness (QED) is 0.441. The summed E-state index contributed by atoms with van der Waals surface area (Å²) in [6.07, 6.45) is 3.92. The Morgan fingerprint density at radius 3 is 2.90 bits per heavy atom. The summed E-state index contributed by atoms with van der Waals surface area (Å²) in [7, 11) is 0. The van der Waals surface area contributed by atoms with Crippen LogP contribution < -0.4 is 0 Å². The van der Waals surface area contributed by atoms with Crippen molar-refractivity contribution in [2.75, 3.05) is 0 Å². The third-order valence-corrected chi connectivity index (χ3v) is 1.09.